The molecule has 0 saturated heterocycles. The van der Waals surface area contributed by atoms with E-state index in [0.29, 0.717) is 15.2 Å². The number of thiophene rings is 1. The van der Waals surface area contributed by atoms with Crippen molar-refractivity contribution in [2.75, 3.05) is 5.32 Å². The highest BCUT2D eigenvalue weighted by Gasteiger charge is 2.23. The first-order valence-electron chi connectivity index (χ1n) is 7.29. The van der Waals surface area contributed by atoms with Gasteiger partial charge in [-0.2, -0.15) is 23.8 Å². The summed E-state index contributed by atoms with van der Waals surface area (Å²) in [4.78, 5) is 13.3. The van der Waals surface area contributed by atoms with Gasteiger partial charge in [0.05, 0.1) is 5.56 Å². The van der Waals surface area contributed by atoms with E-state index in [2.05, 4.69) is 16.5 Å². The highest BCUT2D eigenvalue weighted by atomic mass is 32.1. The van der Waals surface area contributed by atoms with E-state index in [1.807, 2.05) is 0 Å². The van der Waals surface area contributed by atoms with E-state index in [-0.39, 0.29) is 5.69 Å². The topological polar surface area (TPSA) is 70.7 Å². The lowest BCUT2D eigenvalue weighted by Crippen LogP contribution is -2.18. The van der Waals surface area contributed by atoms with Gasteiger partial charge in [0, 0.05) is 11.1 Å². The van der Waals surface area contributed by atoms with Gasteiger partial charge in [-0.1, -0.05) is 6.42 Å². The number of fused-ring (bicyclic) bond motifs is 1. The second-order valence-corrected chi connectivity index (χ2v) is 6.38. The van der Waals surface area contributed by atoms with Crippen LogP contribution >= 0.6 is 11.3 Å². The molecule has 5 nitrogen and oxygen atoms in total. The minimum atomic E-state index is -2.89. The summed E-state index contributed by atoms with van der Waals surface area (Å²) >= 11 is 1.37. The molecule has 0 saturated carbocycles. The van der Waals surface area contributed by atoms with E-state index in [1.165, 1.54) is 17.4 Å². The van der Waals surface area contributed by atoms with E-state index in [0.717, 1.165) is 48.7 Å². The van der Waals surface area contributed by atoms with Crippen LogP contribution in [-0.4, -0.2) is 15.7 Å². The number of halogens is 2. The van der Waals surface area contributed by atoms with Crippen LogP contribution in [0.4, 0.5) is 13.8 Å². The van der Waals surface area contributed by atoms with Crippen LogP contribution in [0.3, 0.4) is 0 Å². The van der Waals surface area contributed by atoms with E-state index in [9.17, 15) is 18.8 Å². The molecule has 0 fully saturated rings. The number of nitriles is 1. The molecule has 2 aromatic heterocycles. The third-order valence-corrected chi connectivity index (χ3v) is 5.06. The number of amides is 1. The van der Waals surface area contributed by atoms with E-state index < -0.39 is 12.5 Å². The molecule has 0 aromatic carbocycles. The molecule has 8 heteroatoms. The van der Waals surface area contributed by atoms with Crippen molar-refractivity contribution >= 4 is 22.2 Å². The summed E-state index contributed by atoms with van der Waals surface area (Å²) in [6.07, 6.45) is 6.06. The molecule has 0 radical (unpaired) electrons. The highest BCUT2D eigenvalue weighted by molar-refractivity contribution is 7.16. The molecule has 1 N–H and O–H groups in total. The molecule has 23 heavy (non-hydrogen) atoms. The first-order valence-corrected chi connectivity index (χ1v) is 8.11. The lowest BCUT2D eigenvalue weighted by Gasteiger charge is -2.06. The van der Waals surface area contributed by atoms with Gasteiger partial charge in [-0.05, 0) is 37.3 Å². The zero-order chi connectivity index (χ0) is 16.4. The second-order valence-electron chi connectivity index (χ2n) is 5.27. The molecule has 3 rings (SSSR count). The molecular weight excluding hydrogens is 322 g/mol. The molecular formula is C15H14F2N4OS. The van der Waals surface area contributed by atoms with Gasteiger partial charge in [-0.15, -0.1) is 11.3 Å². The molecule has 1 aliphatic carbocycles. The van der Waals surface area contributed by atoms with Crippen LogP contribution in [0.1, 0.15) is 52.3 Å². The van der Waals surface area contributed by atoms with Crippen LogP contribution < -0.4 is 5.32 Å². The van der Waals surface area contributed by atoms with Gasteiger partial charge in [0.1, 0.15) is 16.8 Å². The van der Waals surface area contributed by atoms with Crippen LogP contribution in [0.25, 0.3) is 0 Å². The zero-order valence-corrected chi connectivity index (χ0v) is 13.0. The number of carbonyl (C=O) groups is 1. The Kier molecular flexibility index (Phi) is 4.39. The highest BCUT2D eigenvalue weighted by Crippen LogP contribution is 2.37. The van der Waals surface area contributed by atoms with Crippen molar-refractivity contribution in [1.82, 2.24) is 9.78 Å². The molecule has 0 atom stereocenters. The number of nitrogens with one attached hydrogen (secondary N) is 1. The van der Waals surface area contributed by atoms with Crippen molar-refractivity contribution in [3.8, 4) is 6.07 Å². The number of hydrogen-bond donors (Lipinski definition) is 1. The molecule has 0 aliphatic heterocycles. The summed E-state index contributed by atoms with van der Waals surface area (Å²) in [5, 5.41) is 15.9. The Bertz CT molecular complexity index is 775. The number of aryl methyl sites for hydroxylation is 1. The van der Waals surface area contributed by atoms with E-state index in [4.69, 9.17) is 0 Å². The van der Waals surface area contributed by atoms with Crippen LogP contribution in [0.2, 0.25) is 0 Å². The Morgan fingerprint density at radius 3 is 2.91 bits per heavy atom. The molecule has 2 aromatic rings. The maximum absolute atomic E-state index is 12.8. The van der Waals surface area contributed by atoms with Gasteiger partial charge in [0.15, 0.2) is 0 Å². The SMILES string of the molecule is N#Cc1c(NC(=O)c2ccnn2C(F)F)sc2c1CCCCC2. The van der Waals surface area contributed by atoms with E-state index >= 15 is 0 Å². The Balaban J connectivity index is 1.90. The molecule has 120 valence electrons. The molecule has 0 unspecified atom stereocenters. The summed E-state index contributed by atoms with van der Waals surface area (Å²) in [7, 11) is 0. The van der Waals surface area contributed by atoms with E-state index in [1.54, 1.807) is 0 Å². The molecule has 1 aliphatic rings. The minimum absolute atomic E-state index is 0.229. The van der Waals surface area contributed by atoms with Crippen LogP contribution in [0, 0.1) is 11.3 Å². The first-order chi connectivity index (χ1) is 11.1. The number of anilines is 1. The van der Waals surface area contributed by atoms with Gasteiger partial charge < -0.3 is 5.32 Å². The third kappa shape index (κ3) is 2.97. The summed E-state index contributed by atoms with van der Waals surface area (Å²) in [6, 6.07) is 3.37. The third-order valence-electron chi connectivity index (χ3n) is 3.85. The Morgan fingerprint density at radius 1 is 1.39 bits per heavy atom. The van der Waals surface area contributed by atoms with Crippen molar-refractivity contribution in [2.45, 2.75) is 38.7 Å². The molecule has 0 bridgehead atoms. The standard InChI is InChI=1S/C15H14F2N4OS/c16-15(17)21-11(6-7-19-21)13(22)20-14-10(8-18)9-4-2-1-3-5-12(9)23-14/h6-7,15H,1-5H2,(H,20,22). The fourth-order valence-electron chi connectivity index (χ4n) is 2.77. The molecule has 2 heterocycles. The number of alkyl halides is 2. The fraction of sp³-hybridized carbons (Fsp3) is 0.400. The minimum Gasteiger partial charge on any atom is -0.311 e. The fourth-order valence-corrected chi connectivity index (χ4v) is 4.00. The summed E-state index contributed by atoms with van der Waals surface area (Å²) in [5.41, 5.74) is 1.23. The van der Waals surface area contributed by atoms with Crippen LogP contribution in [0.15, 0.2) is 12.3 Å². The lowest BCUT2D eigenvalue weighted by molar-refractivity contribution is 0.0520. The first kappa shape index (κ1) is 15.6. The molecule has 1 amide bonds. The maximum Gasteiger partial charge on any atom is 0.333 e. The van der Waals surface area contributed by atoms with Gasteiger partial charge in [-0.3, -0.25) is 4.79 Å². The van der Waals surface area contributed by atoms with Gasteiger partial charge in [-0.25, -0.2) is 0 Å². The maximum atomic E-state index is 12.8. The number of hydrogen-bond acceptors (Lipinski definition) is 4. The average molecular weight is 336 g/mol. The summed E-state index contributed by atoms with van der Waals surface area (Å²) < 4.78 is 26.0. The zero-order valence-electron chi connectivity index (χ0n) is 12.2. The normalized spacial score (nSPS) is 14.2. The largest absolute Gasteiger partial charge is 0.333 e. The Hall–Kier alpha value is -2.27. The van der Waals surface area contributed by atoms with Gasteiger partial charge in [0.25, 0.3) is 5.91 Å². The van der Waals surface area contributed by atoms with Crippen molar-refractivity contribution in [2.24, 2.45) is 0 Å². The van der Waals surface area contributed by atoms with Crippen molar-refractivity contribution in [3.63, 3.8) is 0 Å². The van der Waals surface area contributed by atoms with Crippen molar-refractivity contribution < 1.29 is 13.6 Å². The van der Waals surface area contributed by atoms with Crippen molar-refractivity contribution in [1.29, 1.82) is 5.26 Å². The predicted molar refractivity (Wildman–Crippen MR) is 81.7 cm³/mol. The molecule has 0 spiro atoms. The average Bonchev–Trinajstić information content (AvgIpc) is 3.06. The second kappa shape index (κ2) is 6.46. The number of rotatable bonds is 3. The number of carbonyl (C=O) groups excluding carboxylic acids is 1. The quantitative estimate of drug-likeness (QED) is 0.868. The Morgan fingerprint density at radius 2 is 2.17 bits per heavy atom. The lowest BCUT2D eigenvalue weighted by atomic mass is 10.1. The number of nitrogens with zero attached hydrogens (tertiary/aromatic N) is 3. The van der Waals surface area contributed by atoms with Gasteiger partial charge in [0.2, 0.25) is 0 Å². The summed E-state index contributed by atoms with van der Waals surface area (Å²) in [6.45, 7) is -2.89. The van der Waals surface area contributed by atoms with Crippen molar-refractivity contribution in [3.05, 3.63) is 34.0 Å². The monoisotopic (exact) mass is 336 g/mol. The predicted octanol–water partition coefficient (Wildman–Crippen LogP) is 3.73. The van der Waals surface area contributed by atoms with Crippen LogP contribution in [-0.2, 0) is 12.8 Å². The summed E-state index contributed by atoms with van der Waals surface area (Å²) in [5.74, 6) is -0.685. The van der Waals surface area contributed by atoms with Gasteiger partial charge >= 0.3 is 6.55 Å². The Labute approximate surface area is 135 Å². The number of aromatic nitrogens is 2. The van der Waals surface area contributed by atoms with Crippen LogP contribution in [0.5, 0.6) is 0 Å². The smallest absolute Gasteiger partial charge is 0.311 e.